The number of hydrogen-bond acceptors (Lipinski definition) is 4. The summed E-state index contributed by atoms with van der Waals surface area (Å²) >= 11 is 6.02. The third kappa shape index (κ3) is 4.69. The van der Waals surface area contributed by atoms with Crippen LogP contribution in [0.5, 0.6) is 5.75 Å². The molecule has 0 bridgehead atoms. The predicted octanol–water partition coefficient (Wildman–Crippen LogP) is 3.83. The molecule has 0 atom stereocenters. The Morgan fingerprint density at radius 2 is 2.09 bits per heavy atom. The Labute approximate surface area is 138 Å². The van der Waals surface area contributed by atoms with Gasteiger partial charge in [0.05, 0.1) is 4.92 Å². The van der Waals surface area contributed by atoms with Gasteiger partial charge in [0.15, 0.2) is 6.61 Å². The van der Waals surface area contributed by atoms with Crippen molar-refractivity contribution < 1.29 is 14.5 Å². The van der Waals surface area contributed by atoms with Crippen LogP contribution >= 0.6 is 11.6 Å². The summed E-state index contributed by atoms with van der Waals surface area (Å²) in [5, 5.41) is 13.9. The van der Waals surface area contributed by atoms with E-state index in [-0.39, 0.29) is 12.3 Å². The van der Waals surface area contributed by atoms with Gasteiger partial charge in [0.25, 0.3) is 11.6 Å². The number of benzene rings is 2. The molecule has 0 aliphatic rings. The quantitative estimate of drug-likeness (QED) is 0.643. The number of halogens is 1. The molecule has 0 saturated heterocycles. The highest BCUT2D eigenvalue weighted by Crippen LogP contribution is 2.22. The fraction of sp³-hybridized carbons (Fsp3) is 0.188. The van der Waals surface area contributed by atoms with Gasteiger partial charge >= 0.3 is 0 Å². The number of nitrogens with one attached hydrogen (secondary N) is 1. The molecule has 0 unspecified atom stereocenters. The first-order valence-corrected chi connectivity index (χ1v) is 7.33. The summed E-state index contributed by atoms with van der Waals surface area (Å²) in [5.41, 5.74) is 1.19. The van der Waals surface area contributed by atoms with E-state index in [0.717, 1.165) is 12.0 Å². The fourth-order valence-corrected chi connectivity index (χ4v) is 2.21. The number of non-ortho nitro benzene ring substituents is 1. The van der Waals surface area contributed by atoms with Crippen molar-refractivity contribution in [3.63, 3.8) is 0 Å². The van der Waals surface area contributed by atoms with Crippen molar-refractivity contribution in [3.05, 3.63) is 63.2 Å². The summed E-state index contributed by atoms with van der Waals surface area (Å²) in [6.45, 7) is 1.77. The van der Waals surface area contributed by atoms with Gasteiger partial charge in [0.1, 0.15) is 5.75 Å². The number of anilines is 1. The van der Waals surface area contributed by atoms with Crippen molar-refractivity contribution in [2.75, 3.05) is 11.9 Å². The maximum atomic E-state index is 11.9. The van der Waals surface area contributed by atoms with E-state index in [4.69, 9.17) is 16.3 Å². The molecule has 1 amide bonds. The van der Waals surface area contributed by atoms with Crippen LogP contribution < -0.4 is 10.1 Å². The van der Waals surface area contributed by atoms with E-state index in [1.54, 1.807) is 24.3 Å². The van der Waals surface area contributed by atoms with Crippen molar-refractivity contribution in [1.29, 1.82) is 0 Å². The van der Waals surface area contributed by atoms with Gasteiger partial charge in [0.2, 0.25) is 0 Å². The molecular formula is C16H15ClN2O4. The van der Waals surface area contributed by atoms with Crippen molar-refractivity contribution in [3.8, 4) is 5.75 Å². The van der Waals surface area contributed by atoms with Crippen molar-refractivity contribution >= 4 is 28.9 Å². The first-order valence-electron chi connectivity index (χ1n) is 6.95. The molecule has 0 radical (unpaired) electrons. The maximum absolute atomic E-state index is 11.9. The molecule has 7 heteroatoms. The molecule has 2 aromatic rings. The molecule has 0 aliphatic carbocycles. The van der Waals surface area contributed by atoms with Gasteiger partial charge in [-0.25, -0.2) is 0 Å². The van der Waals surface area contributed by atoms with Crippen LogP contribution in [-0.2, 0) is 11.2 Å². The van der Waals surface area contributed by atoms with Crippen LogP contribution in [0.4, 0.5) is 11.4 Å². The Bertz CT molecular complexity index is 734. The first kappa shape index (κ1) is 16.8. The molecule has 6 nitrogen and oxygen atoms in total. The minimum Gasteiger partial charge on any atom is -0.484 e. The van der Waals surface area contributed by atoms with E-state index < -0.39 is 10.8 Å². The highest BCUT2D eigenvalue weighted by Gasteiger charge is 2.09. The summed E-state index contributed by atoms with van der Waals surface area (Å²) in [5.74, 6) is 0.138. The average Bonchev–Trinajstić information content (AvgIpc) is 2.54. The Morgan fingerprint density at radius 1 is 1.30 bits per heavy atom. The number of carbonyl (C=O) groups excluding carboxylic acids is 1. The minimum absolute atomic E-state index is 0.0889. The molecule has 120 valence electrons. The van der Waals surface area contributed by atoms with Crippen molar-refractivity contribution in [2.24, 2.45) is 0 Å². The smallest absolute Gasteiger partial charge is 0.271 e. The zero-order chi connectivity index (χ0) is 16.8. The van der Waals surface area contributed by atoms with E-state index in [1.807, 2.05) is 6.92 Å². The lowest BCUT2D eigenvalue weighted by atomic mass is 10.1. The van der Waals surface area contributed by atoms with Gasteiger partial charge in [-0.15, -0.1) is 0 Å². The SMILES string of the molecule is CCc1cc(OCC(=O)Nc2cccc([N+](=O)[O-])c2)ccc1Cl. The van der Waals surface area contributed by atoms with Gasteiger partial charge < -0.3 is 10.1 Å². The summed E-state index contributed by atoms with van der Waals surface area (Å²) in [4.78, 5) is 22.0. The number of ether oxygens (including phenoxy) is 1. The van der Waals surface area contributed by atoms with Gasteiger partial charge in [-0.3, -0.25) is 14.9 Å². The topological polar surface area (TPSA) is 81.5 Å². The second kappa shape index (κ2) is 7.60. The largest absolute Gasteiger partial charge is 0.484 e. The molecule has 2 aromatic carbocycles. The molecule has 23 heavy (non-hydrogen) atoms. The third-order valence-electron chi connectivity index (χ3n) is 3.11. The number of aryl methyl sites for hydroxylation is 1. The number of rotatable bonds is 6. The molecule has 0 saturated carbocycles. The number of carbonyl (C=O) groups is 1. The Kier molecular flexibility index (Phi) is 5.54. The first-order chi connectivity index (χ1) is 11.0. The molecule has 1 N–H and O–H groups in total. The summed E-state index contributed by atoms with van der Waals surface area (Å²) < 4.78 is 5.41. The zero-order valence-electron chi connectivity index (χ0n) is 12.4. The normalized spacial score (nSPS) is 10.2. The lowest BCUT2D eigenvalue weighted by molar-refractivity contribution is -0.384. The van der Waals surface area contributed by atoms with E-state index >= 15 is 0 Å². The van der Waals surface area contributed by atoms with Crippen LogP contribution in [0.1, 0.15) is 12.5 Å². The van der Waals surface area contributed by atoms with Crippen LogP contribution in [-0.4, -0.2) is 17.4 Å². The molecule has 0 spiro atoms. The Balaban J connectivity index is 1.95. The van der Waals surface area contributed by atoms with Crippen LogP contribution in [0.25, 0.3) is 0 Å². The van der Waals surface area contributed by atoms with Crippen LogP contribution in [0, 0.1) is 10.1 Å². The Morgan fingerprint density at radius 3 is 2.78 bits per heavy atom. The second-order valence-corrected chi connectivity index (χ2v) is 5.16. The van der Waals surface area contributed by atoms with E-state index in [9.17, 15) is 14.9 Å². The summed E-state index contributed by atoms with van der Waals surface area (Å²) in [6.07, 6.45) is 0.760. The lowest BCUT2D eigenvalue weighted by Gasteiger charge is -2.09. The van der Waals surface area contributed by atoms with Crippen molar-refractivity contribution in [1.82, 2.24) is 0 Å². The lowest BCUT2D eigenvalue weighted by Crippen LogP contribution is -2.20. The average molecular weight is 335 g/mol. The third-order valence-corrected chi connectivity index (χ3v) is 3.48. The standard InChI is InChI=1S/C16H15ClN2O4/c1-2-11-8-14(6-7-15(11)17)23-10-16(20)18-12-4-3-5-13(9-12)19(21)22/h3-9H,2,10H2,1H3,(H,18,20). The molecule has 0 heterocycles. The Hall–Kier alpha value is -2.60. The van der Waals surface area contributed by atoms with Gasteiger partial charge in [-0.2, -0.15) is 0 Å². The second-order valence-electron chi connectivity index (χ2n) is 4.75. The molecule has 0 aromatic heterocycles. The van der Waals surface area contributed by atoms with E-state index in [2.05, 4.69) is 5.32 Å². The number of nitrogens with zero attached hydrogens (tertiary/aromatic N) is 1. The van der Waals surface area contributed by atoms with Gasteiger partial charge in [-0.1, -0.05) is 24.6 Å². The molecular weight excluding hydrogens is 320 g/mol. The predicted molar refractivity (Wildman–Crippen MR) is 88.1 cm³/mol. The molecule has 0 aliphatic heterocycles. The molecule has 0 fully saturated rings. The summed E-state index contributed by atoms with van der Waals surface area (Å²) in [7, 11) is 0. The van der Waals surface area contributed by atoms with Crippen molar-refractivity contribution in [2.45, 2.75) is 13.3 Å². The maximum Gasteiger partial charge on any atom is 0.271 e. The summed E-state index contributed by atoms with van der Waals surface area (Å²) in [6, 6.07) is 10.9. The minimum atomic E-state index is -0.522. The van der Waals surface area contributed by atoms with Gasteiger partial charge in [-0.05, 0) is 36.2 Å². The van der Waals surface area contributed by atoms with Crippen LogP contribution in [0.2, 0.25) is 5.02 Å². The highest BCUT2D eigenvalue weighted by atomic mass is 35.5. The number of nitro groups is 1. The fourth-order valence-electron chi connectivity index (χ4n) is 1.96. The molecule has 2 rings (SSSR count). The van der Waals surface area contributed by atoms with Crippen LogP contribution in [0.3, 0.4) is 0 Å². The number of amides is 1. The monoisotopic (exact) mass is 334 g/mol. The van der Waals surface area contributed by atoms with E-state index in [0.29, 0.717) is 16.5 Å². The number of hydrogen-bond donors (Lipinski definition) is 1. The zero-order valence-corrected chi connectivity index (χ0v) is 13.2. The highest BCUT2D eigenvalue weighted by molar-refractivity contribution is 6.31. The van der Waals surface area contributed by atoms with E-state index in [1.165, 1.54) is 18.2 Å². The van der Waals surface area contributed by atoms with Gasteiger partial charge in [0, 0.05) is 22.8 Å². The number of nitro benzene ring substituents is 1. The van der Waals surface area contributed by atoms with Crippen LogP contribution in [0.15, 0.2) is 42.5 Å².